The molecule has 8 heteroatoms. The number of benzene rings is 3. The lowest BCUT2D eigenvalue weighted by Gasteiger charge is -2.45. The van der Waals surface area contributed by atoms with E-state index in [1.165, 1.54) is 10.4 Å². The lowest BCUT2D eigenvalue weighted by atomic mass is 9.78. The molecule has 1 amide bonds. The number of rotatable bonds is 20. The van der Waals surface area contributed by atoms with Crippen molar-refractivity contribution in [2.75, 3.05) is 6.61 Å². The summed E-state index contributed by atoms with van der Waals surface area (Å²) in [6, 6.07) is 31.8. The highest BCUT2D eigenvalue weighted by Gasteiger charge is 2.50. The Balaban J connectivity index is 2.05. The molecule has 3 N–H and O–H groups in total. The molecule has 53 heavy (non-hydrogen) atoms. The molecular weight excluding hydrogens is 691 g/mol. The van der Waals surface area contributed by atoms with Crippen LogP contribution in [0.25, 0.3) is 0 Å². The Hall–Kier alpha value is -2.60. The number of hydrogen-bond donors (Lipinski definition) is 2. The van der Waals surface area contributed by atoms with E-state index in [-0.39, 0.29) is 51.9 Å². The number of nitrogens with two attached hydrogens (primary N) is 1. The minimum atomic E-state index is -2.77. The van der Waals surface area contributed by atoms with Crippen LogP contribution in [0.5, 0.6) is 0 Å². The molecule has 6 nitrogen and oxygen atoms in total. The summed E-state index contributed by atoms with van der Waals surface area (Å²) in [6.07, 6.45) is 0.652. The van der Waals surface area contributed by atoms with E-state index in [1.807, 2.05) is 32.0 Å². The average molecular weight is 762 g/mol. The summed E-state index contributed by atoms with van der Waals surface area (Å²) in [5, 5.41) is 14.3. The van der Waals surface area contributed by atoms with E-state index in [0.29, 0.717) is 32.5 Å². The predicted molar refractivity (Wildman–Crippen MR) is 226 cm³/mol. The predicted octanol–water partition coefficient (Wildman–Crippen LogP) is 9.10. The first-order chi connectivity index (χ1) is 24.8. The van der Waals surface area contributed by atoms with Crippen molar-refractivity contribution in [2.45, 2.75) is 137 Å². The molecule has 294 valence electrons. The molecule has 7 atom stereocenters. The highest BCUT2D eigenvalue weighted by atomic mass is 28.4. The fourth-order valence-corrected chi connectivity index (χ4v) is 13.6. The van der Waals surface area contributed by atoms with Crippen LogP contribution in [0.3, 0.4) is 0 Å². The molecule has 0 bridgehead atoms. The SMILES string of the molecule is CC[C@@H](C[C@H](C)[C@H](O)[C@@H](C)[C@@H](OCc1ccccc1)[C@@H](C)[C@H](CCO[Si](c1ccccc1)(c1ccccc1)C(C)(C)C)O[Si](C)(C)C(C)(C)C)C(N)=O. The van der Waals surface area contributed by atoms with E-state index in [0.717, 1.165) is 5.56 Å². The second-order valence-corrected chi connectivity index (χ2v) is 27.0. The molecule has 0 aromatic heterocycles. The molecule has 3 rings (SSSR count). The minimum Gasteiger partial charge on any atom is -0.413 e. The van der Waals surface area contributed by atoms with E-state index in [1.54, 1.807) is 0 Å². The zero-order chi connectivity index (χ0) is 39.6. The molecule has 0 fully saturated rings. The number of carbonyl (C=O) groups is 1. The van der Waals surface area contributed by atoms with Crippen molar-refractivity contribution in [3.05, 3.63) is 96.6 Å². The van der Waals surface area contributed by atoms with Gasteiger partial charge in [-0.3, -0.25) is 4.79 Å². The van der Waals surface area contributed by atoms with Gasteiger partial charge in [-0.25, -0.2) is 0 Å². The van der Waals surface area contributed by atoms with E-state index < -0.39 is 22.7 Å². The highest BCUT2D eigenvalue weighted by molar-refractivity contribution is 6.99. The molecule has 0 aliphatic carbocycles. The second kappa shape index (κ2) is 19.3. The molecule has 0 radical (unpaired) electrons. The van der Waals surface area contributed by atoms with Gasteiger partial charge in [-0.05, 0) is 64.3 Å². The summed E-state index contributed by atoms with van der Waals surface area (Å²) in [5.41, 5.74) is 6.82. The normalized spacial score (nSPS) is 17.0. The highest BCUT2D eigenvalue weighted by Crippen LogP contribution is 2.41. The third-order valence-corrected chi connectivity index (χ3v) is 21.5. The summed E-state index contributed by atoms with van der Waals surface area (Å²) in [4.78, 5) is 12.2. The van der Waals surface area contributed by atoms with Gasteiger partial charge in [0.05, 0.1) is 24.9 Å². The van der Waals surface area contributed by atoms with Gasteiger partial charge in [0.1, 0.15) is 0 Å². The fourth-order valence-electron chi connectivity index (χ4n) is 7.62. The van der Waals surface area contributed by atoms with Gasteiger partial charge >= 0.3 is 0 Å². The van der Waals surface area contributed by atoms with Crippen molar-refractivity contribution in [3.8, 4) is 0 Å². The van der Waals surface area contributed by atoms with Crippen LogP contribution in [-0.2, 0) is 25.0 Å². The van der Waals surface area contributed by atoms with E-state index in [9.17, 15) is 9.90 Å². The van der Waals surface area contributed by atoms with Crippen molar-refractivity contribution < 1.29 is 23.5 Å². The maximum Gasteiger partial charge on any atom is 0.261 e. The maximum absolute atomic E-state index is 12.2. The summed E-state index contributed by atoms with van der Waals surface area (Å²) < 4.78 is 21.7. The molecule has 0 aliphatic rings. The van der Waals surface area contributed by atoms with Crippen LogP contribution < -0.4 is 16.1 Å². The van der Waals surface area contributed by atoms with Crippen LogP contribution in [-0.4, -0.2) is 52.6 Å². The summed E-state index contributed by atoms with van der Waals surface area (Å²) >= 11 is 0. The van der Waals surface area contributed by atoms with Crippen molar-refractivity contribution >= 4 is 32.9 Å². The van der Waals surface area contributed by atoms with Crippen LogP contribution >= 0.6 is 0 Å². The van der Waals surface area contributed by atoms with Gasteiger partial charge in [0.25, 0.3) is 8.32 Å². The van der Waals surface area contributed by atoms with Gasteiger partial charge in [-0.1, -0.05) is 160 Å². The molecule has 0 spiro atoms. The van der Waals surface area contributed by atoms with E-state index >= 15 is 0 Å². The Morgan fingerprint density at radius 2 is 1.26 bits per heavy atom. The quantitative estimate of drug-likeness (QED) is 0.112. The lowest BCUT2D eigenvalue weighted by molar-refractivity contribution is -0.123. The fraction of sp³-hybridized carbons (Fsp3) is 0.578. The first-order valence-electron chi connectivity index (χ1n) is 19.8. The number of ether oxygens (including phenoxy) is 1. The summed E-state index contributed by atoms with van der Waals surface area (Å²) in [5.74, 6) is -1.05. The second-order valence-electron chi connectivity index (χ2n) is 17.9. The molecule has 3 aromatic rings. The van der Waals surface area contributed by atoms with Crippen LogP contribution in [0.1, 0.15) is 94.1 Å². The Kier molecular flexibility index (Phi) is 16.3. The molecule has 0 heterocycles. The summed E-state index contributed by atoms with van der Waals surface area (Å²) in [6.45, 7) is 27.6. The van der Waals surface area contributed by atoms with Crippen LogP contribution in [0.2, 0.25) is 23.2 Å². The van der Waals surface area contributed by atoms with Gasteiger partial charge < -0.3 is 24.4 Å². The maximum atomic E-state index is 12.2. The number of hydrogen-bond acceptors (Lipinski definition) is 5. The Morgan fingerprint density at radius 3 is 1.70 bits per heavy atom. The third-order valence-electron chi connectivity index (χ3n) is 12.0. The van der Waals surface area contributed by atoms with Crippen LogP contribution in [0.4, 0.5) is 0 Å². The Labute approximate surface area is 324 Å². The van der Waals surface area contributed by atoms with Gasteiger partial charge in [0, 0.05) is 24.4 Å². The molecular formula is C45H71NO5Si2. The number of aliphatic hydroxyl groups excluding tert-OH is 1. The smallest absolute Gasteiger partial charge is 0.261 e. The van der Waals surface area contributed by atoms with Crippen molar-refractivity contribution in [3.63, 3.8) is 0 Å². The number of amides is 1. The lowest BCUT2D eigenvalue weighted by Crippen LogP contribution is -2.66. The Morgan fingerprint density at radius 1 is 0.774 bits per heavy atom. The number of aliphatic hydroxyl groups is 1. The zero-order valence-electron chi connectivity index (χ0n) is 34.9. The standard InChI is InChI=1S/C45H71NO5Si2/c1-13-37(43(46)48)31-33(2)41(47)35(4)42(49-32-36-23-17-14-18-24-36)34(3)40(51-52(11,12)44(5,6)7)29-30-50-53(45(8,9)10,38-25-19-15-20-26-38)39-27-21-16-22-28-39/h14-28,33-35,37,40-42,47H,13,29-32H2,1-12H3,(H2,46,48)/t33-,34-,35+,37-,40-,41-,42-/m0/s1. The van der Waals surface area contributed by atoms with Crippen LogP contribution in [0, 0.1) is 23.7 Å². The molecule has 0 saturated carbocycles. The van der Waals surface area contributed by atoms with Crippen molar-refractivity contribution in [1.29, 1.82) is 0 Å². The molecule has 0 saturated heterocycles. The van der Waals surface area contributed by atoms with Gasteiger partial charge in [-0.2, -0.15) is 0 Å². The van der Waals surface area contributed by atoms with Crippen molar-refractivity contribution in [1.82, 2.24) is 0 Å². The van der Waals surface area contributed by atoms with E-state index in [4.69, 9.17) is 19.3 Å². The van der Waals surface area contributed by atoms with Crippen molar-refractivity contribution in [2.24, 2.45) is 29.4 Å². The molecule has 0 unspecified atom stereocenters. The topological polar surface area (TPSA) is 91.0 Å². The largest absolute Gasteiger partial charge is 0.413 e. The molecule has 0 aliphatic heterocycles. The minimum absolute atomic E-state index is 0.00617. The zero-order valence-corrected chi connectivity index (χ0v) is 36.9. The third kappa shape index (κ3) is 11.5. The first kappa shape index (κ1) is 44.8. The van der Waals surface area contributed by atoms with Gasteiger partial charge in [-0.15, -0.1) is 0 Å². The molecule has 3 aromatic carbocycles. The summed E-state index contributed by atoms with van der Waals surface area (Å²) in [7, 11) is -5.03. The number of primary amides is 1. The van der Waals surface area contributed by atoms with Gasteiger partial charge in [0.15, 0.2) is 8.32 Å². The first-order valence-corrected chi connectivity index (χ1v) is 24.6. The number of carbonyl (C=O) groups excluding carboxylic acids is 1. The van der Waals surface area contributed by atoms with E-state index in [2.05, 4.69) is 141 Å². The van der Waals surface area contributed by atoms with Crippen LogP contribution in [0.15, 0.2) is 91.0 Å². The average Bonchev–Trinajstić information content (AvgIpc) is 3.11. The Bertz CT molecular complexity index is 1470. The monoisotopic (exact) mass is 761 g/mol. The van der Waals surface area contributed by atoms with Gasteiger partial charge in [0.2, 0.25) is 5.91 Å².